The maximum atomic E-state index is 11.6. The van der Waals surface area contributed by atoms with Crippen molar-refractivity contribution >= 4 is 22.4 Å². The summed E-state index contributed by atoms with van der Waals surface area (Å²) in [5, 5.41) is 0.259. The Morgan fingerprint density at radius 3 is 2.00 bits per heavy atom. The molecule has 0 rings (SSSR count). The van der Waals surface area contributed by atoms with E-state index in [1.54, 1.807) is 0 Å². The van der Waals surface area contributed by atoms with Gasteiger partial charge in [0.25, 0.3) is 0 Å². The maximum Gasteiger partial charge on any atom is 0.330 e. The zero-order valence-electron chi connectivity index (χ0n) is 15.9. The van der Waals surface area contributed by atoms with E-state index in [1.165, 1.54) is 6.08 Å². The van der Waals surface area contributed by atoms with Gasteiger partial charge in [-0.05, 0) is 37.2 Å². The van der Waals surface area contributed by atoms with E-state index in [1.807, 2.05) is 13.0 Å². The van der Waals surface area contributed by atoms with E-state index >= 15 is 0 Å². The predicted molar refractivity (Wildman–Crippen MR) is 100 cm³/mol. The summed E-state index contributed by atoms with van der Waals surface area (Å²) in [4.78, 5) is 11.6. The molecule has 128 valence electrons. The summed E-state index contributed by atoms with van der Waals surface area (Å²) in [6, 6.07) is 0. The normalized spacial score (nSPS) is 14.5. The summed E-state index contributed by atoms with van der Waals surface area (Å²) in [6.07, 6.45) is 3.37. The molecule has 3 nitrogen and oxygen atoms in total. The van der Waals surface area contributed by atoms with Crippen LogP contribution in [0.1, 0.15) is 27.7 Å². The van der Waals surface area contributed by atoms with E-state index in [0.29, 0.717) is 13.2 Å². The van der Waals surface area contributed by atoms with Crippen LogP contribution in [0, 0.1) is 0 Å². The molecule has 0 aromatic heterocycles. The molecule has 0 aromatic rings. The summed E-state index contributed by atoms with van der Waals surface area (Å²) in [7, 11) is -3.17. The number of rotatable bonds is 7. The Kier molecular flexibility index (Phi) is 8.02. The van der Waals surface area contributed by atoms with E-state index < -0.39 is 16.4 Å². The van der Waals surface area contributed by atoms with Crippen LogP contribution in [-0.2, 0) is 14.0 Å². The Bertz CT molecular complexity index is 424. The van der Waals surface area contributed by atoms with Gasteiger partial charge in [0.15, 0.2) is 8.32 Å². The number of hydrogen-bond acceptors (Lipinski definition) is 3. The van der Waals surface area contributed by atoms with Gasteiger partial charge in [-0.25, -0.2) is 4.79 Å². The Morgan fingerprint density at radius 2 is 1.59 bits per heavy atom. The number of carbonyl (C=O) groups excluding carboxylic acids is 1. The van der Waals surface area contributed by atoms with Crippen LogP contribution >= 0.6 is 0 Å². The molecule has 0 radical (unpaired) electrons. The quantitative estimate of drug-likeness (QED) is 0.285. The fraction of sp³-hybridized carbons (Fsp3) is 0.706. The van der Waals surface area contributed by atoms with Crippen molar-refractivity contribution in [2.75, 3.05) is 13.2 Å². The summed E-state index contributed by atoms with van der Waals surface area (Å²) in [6.45, 7) is 20.8. The molecule has 0 atom stereocenters. The molecule has 0 aliphatic rings. The topological polar surface area (TPSA) is 35.5 Å². The van der Waals surface area contributed by atoms with Crippen LogP contribution in [0.15, 0.2) is 23.4 Å². The van der Waals surface area contributed by atoms with Crippen molar-refractivity contribution in [3.63, 3.8) is 0 Å². The summed E-state index contributed by atoms with van der Waals surface area (Å²) >= 11 is 0. The molecular weight excluding hydrogens is 308 g/mol. The van der Waals surface area contributed by atoms with E-state index in [2.05, 4.69) is 59.2 Å². The molecule has 0 aromatic carbocycles. The summed E-state index contributed by atoms with van der Waals surface area (Å²) < 4.78 is 11.0. The van der Waals surface area contributed by atoms with Crippen LogP contribution in [-0.4, -0.2) is 35.6 Å². The van der Waals surface area contributed by atoms with Gasteiger partial charge < -0.3 is 9.16 Å². The number of ether oxygens (including phenoxy) is 1. The van der Waals surface area contributed by atoms with E-state index in [4.69, 9.17) is 9.16 Å². The van der Waals surface area contributed by atoms with Gasteiger partial charge in [-0.2, -0.15) is 0 Å². The maximum absolute atomic E-state index is 11.6. The zero-order valence-corrected chi connectivity index (χ0v) is 17.9. The minimum Gasteiger partial charge on any atom is -0.463 e. The molecule has 0 saturated heterocycles. The highest BCUT2D eigenvalue weighted by Crippen LogP contribution is 2.37. The van der Waals surface area contributed by atoms with Gasteiger partial charge in [0.1, 0.15) is 0 Å². The van der Waals surface area contributed by atoms with Crippen LogP contribution in [0.25, 0.3) is 0 Å². The smallest absolute Gasteiger partial charge is 0.330 e. The van der Waals surface area contributed by atoms with Gasteiger partial charge in [-0.1, -0.05) is 45.6 Å². The van der Waals surface area contributed by atoms with Crippen molar-refractivity contribution in [3.8, 4) is 0 Å². The molecule has 0 saturated carbocycles. The third-order valence-electron chi connectivity index (χ3n) is 3.87. The van der Waals surface area contributed by atoms with Gasteiger partial charge in [0.2, 0.25) is 0 Å². The number of esters is 1. The number of carbonyl (C=O) groups is 1. The lowest BCUT2D eigenvalue weighted by atomic mass is 10.2. The second kappa shape index (κ2) is 8.27. The van der Waals surface area contributed by atoms with Gasteiger partial charge in [0, 0.05) is 6.08 Å². The van der Waals surface area contributed by atoms with Crippen molar-refractivity contribution in [2.45, 2.75) is 65.5 Å². The number of hydrogen-bond donors (Lipinski definition) is 0. The Hall–Kier alpha value is -0.656. The van der Waals surface area contributed by atoms with E-state index in [0.717, 1.165) is 5.57 Å². The zero-order chi connectivity index (χ0) is 17.6. The van der Waals surface area contributed by atoms with Crippen molar-refractivity contribution < 1.29 is 14.0 Å². The lowest BCUT2D eigenvalue weighted by molar-refractivity contribution is -0.137. The Labute approximate surface area is 138 Å². The third kappa shape index (κ3) is 8.71. The fourth-order valence-electron chi connectivity index (χ4n) is 1.48. The molecule has 0 amide bonds. The Balaban J connectivity index is 5.29. The first-order valence-electron chi connectivity index (χ1n) is 7.99. The van der Waals surface area contributed by atoms with Crippen LogP contribution in [0.4, 0.5) is 0 Å². The molecule has 0 aliphatic carbocycles. The van der Waals surface area contributed by atoms with E-state index in [-0.39, 0.29) is 11.0 Å². The first-order chi connectivity index (χ1) is 9.78. The standard InChI is InChI=1S/C17H34O3Si2/c1-10-19-16(18)12-11-15(13-20-21(5,6)7)14-22(8,9)17(2,3)4/h11-12,14H,10,13H2,1-9H3/b12-11+,15-14-. The predicted octanol–water partition coefficient (Wildman–Crippen LogP) is 4.93. The van der Waals surface area contributed by atoms with Crippen molar-refractivity contribution in [1.29, 1.82) is 0 Å². The molecule has 0 unspecified atom stereocenters. The Morgan fingerprint density at radius 1 is 1.05 bits per heavy atom. The molecule has 22 heavy (non-hydrogen) atoms. The fourth-order valence-corrected chi connectivity index (χ4v) is 3.62. The van der Waals surface area contributed by atoms with Crippen LogP contribution < -0.4 is 0 Å². The van der Waals surface area contributed by atoms with Crippen molar-refractivity contribution in [1.82, 2.24) is 0 Å². The van der Waals surface area contributed by atoms with Crippen LogP contribution in [0.5, 0.6) is 0 Å². The van der Waals surface area contributed by atoms with Crippen LogP contribution in [0.3, 0.4) is 0 Å². The molecule has 0 heterocycles. The molecular formula is C17H34O3Si2. The SMILES string of the molecule is CCOC(=O)/C=C/C(=C/[Si](C)(C)C(C)(C)C)CO[Si](C)(C)C. The second-order valence-corrected chi connectivity index (χ2v) is 17.9. The highest BCUT2D eigenvalue weighted by atomic mass is 28.4. The van der Waals surface area contributed by atoms with Crippen molar-refractivity contribution in [2.24, 2.45) is 0 Å². The van der Waals surface area contributed by atoms with Gasteiger partial charge in [0.05, 0.1) is 21.3 Å². The molecule has 5 heteroatoms. The van der Waals surface area contributed by atoms with Crippen LogP contribution in [0.2, 0.25) is 37.8 Å². The van der Waals surface area contributed by atoms with Crippen molar-refractivity contribution in [3.05, 3.63) is 23.4 Å². The highest BCUT2D eigenvalue weighted by Gasteiger charge is 2.33. The second-order valence-electron chi connectivity index (χ2n) is 8.18. The average Bonchev–Trinajstić information content (AvgIpc) is 2.30. The van der Waals surface area contributed by atoms with E-state index in [9.17, 15) is 4.79 Å². The minimum atomic E-state index is -1.59. The minimum absolute atomic E-state index is 0.259. The first kappa shape index (κ1) is 21.3. The molecule has 0 N–H and O–H groups in total. The summed E-state index contributed by atoms with van der Waals surface area (Å²) in [5.41, 5.74) is 3.44. The lowest BCUT2D eigenvalue weighted by Crippen LogP contribution is -2.36. The largest absolute Gasteiger partial charge is 0.463 e. The molecule has 0 aliphatic heterocycles. The molecule has 0 fully saturated rings. The molecule has 0 spiro atoms. The van der Waals surface area contributed by atoms with Gasteiger partial charge in [-0.3, -0.25) is 0 Å². The molecule has 0 bridgehead atoms. The highest BCUT2D eigenvalue weighted by molar-refractivity contribution is 6.84. The summed E-state index contributed by atoms with van der Waals surface area (Å²) in [5.74, 6) is -0.295. The van der Waals surface area contributed by atoms with Gasteiger partial charge >= 0.3 is 5.97 Å². The monoisotopic (exact) mass is 342 g/mol. The van der Waals surface area contributed by atoms with Gasteiger partial charge in [-0.15, -0.1) is 0 Å². The average molecular weight is 343 g/mol. The first-order valence-corrected chi connectivity index (χ1v) is 14.5. The lowest BCUT2D eigenvalue weighted by Gasteiger charge is -2.35. The third-order valence-corrected chi connectivity index (χ3v) is 9.84.